The molecule has 1 amide bonds. The highest BCUT2D eigenvalue weighted by atomic mass is 16.6. The number of ether oxygens (including phenoxy) is 3. The third-order valence-electron chi connectivity index (χ3n) is 5.65. The summed E-state index contributed by atoms with van der Waals surface area (Å²) in [5.74, 6) is -0.580. The van der Waals surface area contributed by atoms with Crippen molar-refractivity contribution < 1.29 is 23.8 Å². The molecule has 2 aromatic carbocycles. The molecule has 0 aliphatic carbocycles. The predicted molar refractivity (Wildman–Crippen MR) is 122 cm³/mol. The second-order valence-electron chi connectivity index (χ2n) is 8.14. The van der Waals surface area contributed by atoms with E-state index in [1.807, 2.05) is 67.6 Å². The minimum Gasteiger partial charge on any atom is -0.458 e. The smallest absolute Gasteiger partial charge is 0.328 e. The summed E-state index contributed by atoms with van der Waals surface area (Å²) in [6, 6.07) is 19.2. The van der Waals surface area contributed by atoms with Crippen LogP contribution in [0.4, 0.5) is 0 Å². The molecule has 32 heavy (non-hydrogen) atoms. The summed E-state index contributed by atoms with van der Waals surface area (Å²) >= 11 is 0. The molecular formula is C26H33NO5. The van der Waals surface area contributed by atoms with Crippen molar-refractivity contribution in [3.05, 3.63) is 71.8 Å². The molecule has 1 heterocycles. The summed E-state index contributed by atoms with van der Waals surface area (Å²) in [6.07, 6.45) is 1.04. The standard InChI is InChI=1S/C26H33NO5/c1-3-24(28)27-22-15-10-16-23(30-17-20-11-6-4-7-12-20)25(19(2)32-26(22)29)31-18-21-13-8-5-9-14-21/h4-9,11-14,19,22-23,25H,3,10,15-18H2,1-2H3,(H,27,28). The van der Waals surface area contributed by atoms with E-state index in [4.69, 9.17) is 14.2 Å². The number of esters is 1. The second-order valence-corrected chi connectivity index (χ2v) is 8.14. The van der Waals surface area contributed by atoms with Crippen LogP contribution in [-0.2, 0) is 37.0 Å². The summed E-state index contributed by atoms with van der Waals surface area (Å²) in [5, 5.41) is 2.78. The Morgan fingerprint density at radius 1 is 0.969 bits per heavy atom. The lowest BCUT2D eigenvalue weighted by Crippen LogP contribution is -2.45. The zero-order valence-electron chi connectivity index (χ0n) is 18.9. The fourth-order valence-corrected chi connectivity index (χ4v) is 3.83. The second kappa shape index (κ2) is 12.4. The first-order valence-corrected chi connectivity index (χ1v) is 11.4. The minimum absolute atomic E-state index is 0.160. The van der Waals surface area contributed by atoms with Gasteiger partial charge in [0, 0.05) is 6.42 Å². The monoisotopic (exact) mass is 439 g/mol. The molecule has 4 atom stereocenters. The molecule has 0 spiro atoms. The van der Waals surface area contributed by atoms with Crippen LogP contribution in [0.2, 0.25) is 0 Å². The number of benzene rings is 2. The van der Waals surface area contributed by atoms with Gasteiger partial charge in [-0.05, 0) is 37.3 Å². The molecule has 0 saturated carbocycles. The van der Waals surface area contributed by atoms with Crippen molar-refractivity contribution in [2.24, 2.45) is 0 Å². The average Bonchev–Trinajstić information content (AvgIpc) is 2.86. The lowest BCUT2D eigenvalue weighted by molar-refractivity contribution is -0.171. The lowest BCUT2D eigenvalue weighted by atomic mass is 10.0. The molecule has 2 aromatic rings. The maximum atomic E-state index is 12.8. The van der Waals surface area contributed by atoms with Crippen molar-refractivity contribution >= 4 is 11.9 Å². The summed E-state index contributed by atoms with van der Waals surface area (Å²) in [5.41, 5.74) is 2.12. The van der Waals surface area contributed by atoms with Crippen LogP contribution < -0.4 is 5.32 Å². The fraction of sp³-hybridized carbons (Fsp3) is 0.462. The predicted octanol–water partition coefficient (Wildman–Crippen LogP) is 4.17. The van der Waals surface area contributed by atoms with Gasteiger partial charge in [0.25, 0.3) is 0 Å². The third-order valence-corrected chi connectivity index (χ3v) is 5.65. The minimum atomic E-state index is -0.646. The van der Waals surface area contributed by atoms with E-state index in [9.17, 15) is 9.59 Å². The zero-order chi connectivity index (χ0) is 22.8. The summed E-state index contributed by atoms with van der Waals surface area (Å²) < 4.78 is 18.3. The average molecular weight is 440 g/mol. The van der Waals surface area contributed by atoms with Crippen LogP contribution in [0, 0.1) is 0 Å². The maximum Gasteiger partial charge on any atom is 0.328 e. The van der Waals surface area contributed by atoms with Crippen LogP contribution in [0.1, 0.15) is 50.7 Å². The number of hydrogen-bond acceptors (Lipinski definition) is 5. The van der Waals surface area contributed by atoms with Gasteiger partial charge in [-0.3, -0.25) is 4.79 Å². The summed E-state index contributed by atoms with van der Waals surface area (Å²) in [4.78, 5) is 24.6. The van der Waals surface area contributed by atoms with Crippen molar-refractivity contribution in [3.8, 4) is 0 Å². The molecule has 6 heteroatoms. The number of hydrogen-bond donors (Lipinski definition) is 1. The molecule has 1 aliphatic rings. The van der Waals surface area contributed by atoms with E-state index >= 15 is 0 Å². The SMILES string of the molecule is CCC(=O)NC1CCCC(OCc2ccccc2)C(OCc2ccccc2)C(C)OC1=O. The Balaban J connectivity index is 1.74. The maximum absolute atomic E-state index is 12.8. The number of carbonyl (C=O) groups excluding carboxylic acids is 2. The third kappa shape index (κ3) is 7.18. The van der Waals surface area contributed by atoms with Gasteiger partial charge < -0.3 is 19.5 Å². The van der Waals surface area contributed by atoms with Gasteiger partial charge in [-0.2, -0.15) is 0 Å². The first-order valence-electron chi connectivity index (χ1n) is 11.4. The van der Waals surface area contributed by atoms with Crippen LogP contribution in [0.25, 0.3) is 0 Å². The number of amides is 1. The van der Waals surface area contributed by atoms with Gasteiger partial charge in [0.15, 0.2) is 0 Å². The number of nitrogens with one attached hydrogen (secondary N) is 1. The van der Waals surface area contributed by atoms with Gasteiger partial charge in [0.05, 0.1) is 19.3 Å². The molecule has 0 aromatic heterocycles. The molecule has 0 bridgehead atoms. The highest BCUT2D eigenvalue weighted by Gasteiger charge is 2.35. The number of rotatable bonds is 8. The van der Waals surface area contributed by atoms with E-state index in [1.165, 1.54) is 0 Å². The van der Waals surface area contributed by atoms with E-state index in [1.54, 1.807) is 6.92 Å². The van der Waals surface area contributed by atoms with Crippen LogP contribution >= 0.6 is 0 Å². The van der Waals surface area contributed by atoms with E-state index in [-0.39, 0.29) is 12.0 Å². The largest absolute Gasteiger partial charge is 0.458 e. The summed E-state index contributed by atoms with van der Waals surface area (Å²) in [7, 11) is 0. The molecule has 3 rings (SSSR count). The van der Waals surface area contributed by atoms with Gasteiger partial charge in [0.1, 0.15) is 18.2 Å². The van der Waals surface area contributed by atoms with E-state index in [0.717, 1.165) is 11.1 Å². The summed E-state index contributed by atoms with van der Waals surface area (Å²) in [6.45, 7) is 4.44. The Morgan fingerprint density at radius 2 is 1.56 bits per heavy atom. The first kappa shape index (κ1) is 24.0. The van der Waals surface area contributed by atoms with Crippen molar-refractivity contribution in [1.82, 2.24) is 5.32 Å². The van der Waals surface area contributed by atoms with Crippen molar-refractivity contribution in [3.63, 3.8) is 0 Å². The quantitative estimate of drug-likeness (QED) is 0.625. The normalized spacial score (nSPS) is 24.0. The Bertz CT molecular complexity index is 842. The molecule has 1 N–H and O–H groups in total. The highest BCUT2D eigenvalue weighted by molar-refractivity contribution is 5.84. The van der Waals surface area contributed by atoms with Gasteiger partial charge in [-0.15, -0.1) is 0 Å². The van der Waals surface area contributed by atoms with Crippen molar-refractivity contribution in [2.45, 2.75) is 77.1 Å². The molecule has 6 nitrogen and oxygen atoms in total. The van der Waals surface area contributed by atoms with Crippen LogP contribution in [0.3, 0.4) is 0 Å². The lowest BCUT2D eigenvalue weighted by Gasteiger charge is -2.31. The van der Waals surface area contributed by atoms with Gasteiger partial charge in [0.2, 0.25) is 5.91 Å². The molecule has 0 radical (unpaired) electrons. The number of cyclic esters (lactones) is 1. The first-order chi connectivity index (χ1) is 15.6. The topological polar surface area (TPSA) is 73.9 Å². The van der Waals surface area contributed by atoms with E-state index in [2.05, 4.69) is 5.32 Å². The van der Waals surface area contributed by atoms with Crippen LogP contribution in [0.5, 0.6) is 0 Å². The Morgan fingerprint density at radius 3 is 2.16 bits per heavy atom. The molecule has 172 valence electrons. The highest BCUT2D eigenvalue weighted by Crippen LogP contribution is 2.24. The Labute approximate surface area is 190 Å². The van der Waals surface area contributed by atoms with Gasteiger partial charge in [-0.1, -0.05) is 67.6 Å². The molecule has 4 unspecified atom stereocenters. The molecule has 1 saturated heterocycles. The zero-order valence-corrected chi connectivity index (χ0v) is 18.9. The van der Waals surface area contributed by atoms with Gasteiger partial charge >= 0.3 is 5.97 Å². The van der Waals surface area contributed by atoms with Crippen molar-refractivity contribution in [1.29, 1.82) is 0 Å². The van der Waals surface area contributed by atoms with Crippen LogP contribution in [0.15, 0.2) is 60.7 Å². The molecule has 1 fully saturated rings. The molecule has 1 aliphatic heterocycles. The van der Waals surface area contributed by atoms with Crippen molar-refractivity contribution in [2.75, 3.05) is 0 Å². The Hall–Kier alpha value is -2.70. The molecular weight excluding hydrogens is 406 g/mol. The number of carbonyl (C=O) groups is 2. The van der Waals surface area contributed by atoms with E-state index < -0.39 is 24.2 Å². The fourth-order valence-electron chi connectivity index (χ4n) is 3.83. The van der Waals surface area contributed by atoms with Crippen LogP contribution in [-0.4, -0.2) is 36.2 Å². The Kier molecular flexibility index (Phi) is 9.26. The van der Waals surface area contributed by atoms with E-state index in [0.29, 0.717) is 38.9 Å². The van der Waals surface area contributed by atoms with Gasteiger partial charge in [-0.25, -0.2) is 4.79 Å².